The molecule has 1 aliphatic heterocycles. The average Bonchev–Trinajstić information content (AvgIpc) is 3.31. The maximum absolute atomic E-state index is 13.9. The Hall–Kier alpha value is -2.01. The molecule has 2 aromatic rings. The van der Waals surface area contributed by atoms with Gasteiger partial charge in [-0.25, -0.2) is 12.8 Å². The van der Waals surface area contributed by atoms with E-state index in [0.717, 1.165) is 15.7 Å². The number of nitrogens with zero attached hydrogens (tertiary/aromatic N) is 1. The number of carbonyl (C=O) groups is 2. The first-order chi connectivity index (χ1) is 16.2. The molecule has 9 heteroatoms. The zero-order valence-electron chi connectivity index (χ0n) is 18.9. The second-order valence-corrected chi connectivity index (χ2v) is 12.5. The molecule has 0 N–H and O–H groups in total. The Labute approximate surface area is 212 Å². The van der Waals surface area contributed by atoms with Gasteiger partial charge in [0.2, 0.25) is 5.91 Å². The van der Waals surface area contributed by atoms with Crippen LogP contribution in [0.2, 0.25) is 0 Å². The number of likely N-dealkylation sites (tertiary alicyclic amines) is 1. The normalized spacial score (nSPS) is 25.2. The molecular weight excluding hydrogens is 572 g/mol. The minimum Gasteiger partial charge on any atom is -0.469 e. The summed E-state index contributed by atoms with van der Waals surface area (Å²) in [5.74, 6) is -1.23. The van der Waals surface area contributed by atoms with E-state index in [4.69, 9.17) is 4.74 Å². The van der Waals surface area contributed by atoms with Gasteiger partial charge in [-0.3, -0.25) is 9.59 Å². The molecule has 2 fully saturated rings. The molecule has 0 aromatic heterocycles. The Bertz CT molecular complexity index is 1160. The molecule has 182 valence electrons. The van der Waals surface area contributed by atoms with Crippen molar-refractivity contribution in [2.45, 2.75) is 41.7 Å². The molecule has 6 nitrogen and oxygen atoms in total. The molecule has 1 amide bonds. The van der Waals surface area contributed by atoms with Gasteiger partial charge in [0, 0.05) is 22.6 Å². The third kappa shape index (κ3) is 4.60. The quantitative estimate of drug-likeness (QED) is 0.291. The van der Waals surface area contributed by atoms with Gasteiger partial charge in [-0.1, -0.05) is 12.1 Å². The third-order valence-electron chi connectivity index (χ3n) is 7.16. The number of ether oxygens (including phenoxy) is 1. The summed E-state index contributed by atoms with van der Waals surface area (Å²) < 4.78 is 45.9. The van der Waals surface area contributed by atoms with Crippen molar-refractivity contribution < 1.29 is 27.1 Å². The number of sulfone groups is 1. The first kappa shape index (κ1) is 25.1. The van der Waals surface area contributed by atoms with Crippen LogP contribution in [0.5, 0.6) is 0 Å². The van der Waals surface area contributed by atoms with Crippen molar-refractivity contribution in [1.29, 1.82) is 0 Å². The molecular formula is C25H27FINO5S. The Balaban J connectivity index is 1.62. The first-order valence-corrected chi connectivity index (χ1v) is 13.9. The van der Waals surface area contributed by atoms with Gasteiger partial charge in [0.25, 0.3) is 0 Å². The summed E-state index contributed by atoms with van der Waals surface area (Å²) in [6.45, 7) is 0.366. The van der Waals surface area contributed by atoms with E-state index in [-0.39, 0.29) is 41.6 Å². The number of esters is 1. The predicted octanol–water partition coefficient (Wildman–Crippen LogP) is 4.31. The Morgan fingerprint density at radius 1 is 1.00 bits per heavy atom. The standard InChI is InChI=1S/C25H27FINO5S/c1-33-24(30)18-4-2-17(3-5-18)23(29)28-15-14-25(16-28,19-6-10-21(27)11-7-19)34(31,32)22-12-8-20(26)9-13-22/h6-13,17-18H,2-5,14-16H2,1H3. The second kappa shape index (κ2) is 9.93. The number of benzene rings is 2. The number of carbonyl (C=O) groups excluding carboxylic acids is 2. The van der Waals surface area contributed by atoms with E-state index >= 15 is 0 Å². The number of rotatable bonds is 5. The van der Waals surface area contributed by atoms with Gasteiger partial charge in [-0.05, 0) is 96.7 Å². The number of amides is 1. The summed E-state index contributed by atoms with van der Waals surface area (Å²) in [4.78, 5) is 26.9. The van der Waals surface area contributed by atoms with Crippen molar-refractivity contribution in [2.75, 3.05) is 20.2 Å². The van der Waals surface area contributed by atoms with E-state index in [1.54, 1.807) is 17.0 Å². The summed E-state index contributed by atoms with van der Waals surface area (Å²) >= 11 is 2.16. The molecule has 0 radical (unpaired) electrons. The van der Waals surface area contributed by atoms with E-state index in [1.807, 2.05) is 12.1 Å². The minimum absolute atomic E-state index is 0.0420. The van der Waals surface area contributed by atoms with Gasteiger partial charge >= 0.3 is 5.97 Å². The molecule has 0 spiro atoms. The van der Waals surface area contributed by atoms with Crippen LogP contribution >= 0.6 is 22.6 Å². The van der Waals surface area contributed by atoms with Crippen molar-refractivity contribution in [3.05, 3.63) is 63.5 Å². The molecule has 1 heterocycles. The first-order valence-electron chi connectivity index (χ1n) is 11.3. The van der Waals surface area contributed by atoms with Crippen LogP contribution in [0.15, 0.2) is 53.4 Å². The molecule has 1 saturated carbocycles. The van der Waals surface area contributed by atoms with Crippen LogP contribution in [0, 0.1) is 21.2 Å². The highest BCUT2D eigenvalue weighted by atomic mass is 127. The fourth-order valence-corrected chi connectivity index (χ4v) is 7.61. The summed E-state index contributed by atoms with van der Waals surface area (Å²) in [5.41, 5.74) is 0.627. The van der Waals surface area contributed by atoms with Crippen LogP contribution in [0.1, 0.15) is 37.7 Å². The van der Waals surface area contributed by atoms with Crippen LogP contribution in [-0.4, -0.2) is 45.4 Å². The largest absolute Gasteiger partial charge is 0.469 e. The topological polar surface area (TPSA) is 80.8 Å². The smallest absolute Gasteiger partial charge is 0.308 e. The van der Waals surface area contributed by atoms with Gasteiger partial charge < -0.3 is 9.64 Å². The van der Waals surface area contributed by atoms with Crippen molar-refractivity contribution in [3.63, 3.8) is 0 Å². The second-order valence-electron chi connectivity index (χ2n) is 9.04. The minimum atomic E-state index is -3.93. The van der Waals surface area contributed by atoms with Gasteiger partial charge in [-0.2, -0.15) is 0 Å². The van der Waals surface area contributed by atoms with Crippen LogP contribution in [-0.2, 0) is 28.9 Å². The summed E-state index contributed by atoms with van der Waals surface area (Å²) in [6, 6.07) is 12.2. The zero-order valence-corrected chi connectivity index (χ0v) is 21.8. The average molecular weight is 599 g/mol. The van der Waals surface area contributed by atoms with Crippen LogP contribution in [0.25, 0.3) is 0 Å². The van der Waals surface area contributed by atoms with Crippen molar-refractivity contribution in [1.82, 2.24) is 4.90 Å². The summed E-state index contributed by atoms with van der Waals surface area (Å²) in [7, 11) is -2.56. The highest BCUT2D eigenvalue weighted by molar-refractivity contribution is 14.1. The Morgan fingerprint density at radius 3 is 2.18 bits per heavy atom. The number of methoxy groups -OCH3 is 1. The van der Waals surface area contributed by atoms with Crippen LogP contribution < -0.4 is 0 Å². The lowest BCUT2D eigenvalue weighted by atomic mass is 9.81. The number of hydrogen-bond donors (Lipinski definition) is 0. The lowest BCUT2D eigenvalue weighted by Crippen LogP contribution is -2.42. The maximum Gasteiger partial charge on any atom is 0.308 e. The van der Waals surface area contributed by atoms with E-state index in [2.05, 4.69) is 22.6 Å². The highest BCUT2D eigenvalue weighted by Crippen LogP contribution is 2.44. The molecule has 1 unspecified atom stereocenters. The van der Waals surface area contributed by atoms with Crippen molar-refractivity contribution >= 4 is 44.3 Å². The van der Waals surface area contributed by atoms with E-state index in [1.165, 1.54) is 19.2 Å². The van der Waals surface area contributed by atoms with Gasteiger partial charge in [0.15, 0.2) is 9.84 Å². The van der Waals surface area contributed by atoms with Gasteiger partial charge in [-0.15, -0.1) is 0 Å². The summed E-state index contributed by atoms with van der Waals surface area (Å²) in [5, 5.41) is 0. The monoisotopic (exact) mass is 599 g/mol. The van der Waals surface area contributed by atoms with Crippen molar-refractivity contribution in [3.8, 4) is 0 Å². The maximum atomic E-state index is 13.9. The molecule has 4 rings (SSSR count). The van der Waals surface area contributed by atoms with E-state index in [9.17, 15) is 22.4 Å². The lowest BCUT2D eigenvalue weighted by molar-refractivity contribution is -0.148. The lowest BCUT2D eigenvalue weighted by Gasteiger charge is -2.32. The van der Waals surface area contributed by atoms with Crippen LogP contribution in [0.4, 0.5) is 4.39 Å². The molecule has 1 atom stereocenters. The fourth-order valence-electron chi connectivity index (χ4n) is 5.17. The number of hydrogen-bond acceptors (Lipinski definition) is 5. The predicted molar refractivity (Wildman–Crippen MR) is 133 cm³/mol. The van der Waals surface area contributed by atoms with Gasteiger partial charge in [0.1, 0.15) is 10.6 Å². The molecule has 34 heavy (non-hydrogen) atoms. The highest BCUT2D eigenvalue weighted by Gasteiger charge is 2.52. The van der Waals surface area contributed by atoms with Crippen molar-refractivity contribution in [2.24, 2.45) is 11.8 Å². The van der Waals surface area contributed by atoms with Gasteiger partial charge in [0.05, 0.1) is 17.9 Å². The molecule has 1 aliphatic carbocycles. The fraction of sp³-hybridized carbons (Fsp3) is 0.440. The zero-order chi connectivity index (χ0) is 24.5. The van der Waals surface area contributed by atoms with E-state index in [0.29, 0.717) is 37.8 Å². The molecule has 1 saturated heterocycles. The Morgan fingerprint density at radius 2 is 1.59 bits per heavy atom. The molecule has 2 aliphatic rings. The number of halogens is 2. The third-order valence-corrected chi connectivity index (χ3v) is 10.4. The Kier molecular flexibility index (Phi) is 7.33. The van der Waals surface area contributed by atoms with Crippen LogP contribution in [0.3, 0.4) is 0 Å². The molecule has 2 aromatic carbocycles. The van der Waals surface area contributed by atoms with E-state index < -0.39 is 20.4 Å². The molecule has 0 bridgehead atoms. The summed E-state index contributed by atoms with van der Waals surface area (Å²) in [6.07, 6.45) is 2.60. The SMILES string of the molecule is COC(=O)C1CCC(C(=O)N2CCC(c3ccc(I)cc3)(S(=O)(=O)c3ccc(F)cc3)C2)CC1.